The molecule has 4 aromatic rings. The highest BCUT2D eigenvalue weighted by Gasteiger charge is 2.29. The average Bonchev–Trinajstić information content (AvgIpc) is 2.90. The van der Waals surface area contributed by atoms with Crippen LogP contribution in [0.5, 0.6) is 0 Å². The van der Waals surface area contributed by atoms with E-state index >= 15 is 4.39 Å². The van der Waals surface area contributed by atoms with Crippen molar-refractivity contribution in [3.63, 3.8) is 0 Å². The van der Waals surface area contributed by atoms with Crippen molar-refractivity contribution in [1.29, 1.82) is 0 Å². The quantitative estimate of drug-likeness (QED) is 0.331. The molecule has 0 spiro atoms. The van der Waals surface area contributed by atoms with Gasteiger partial charge >= 0.3 is 0 Å². The van der Waals surface area contributed by atoms with E-state index in [1.807, 2.05) is 19.1 Å². The molecule has 34 heavy (non-hydrogen) atoms. The third-order valence-electron chi connectivity index (χ3n) is 5.78. The highest BCUT2D eigenvalue weighted by molar-refractivity contribution is 6.30. The lowest BCUT2D eigenvalue weighted by atomic mass is 9.91. The molecule has 2 atom stereocenters. The Kier molecular flexibility index (Phi) is 4.33. The number of rotatable bonds is 3. The van der Waals surface area contributed by atoms with Gasteiger partial charge in [0.25, 0.3) is 0 Å². The molecule has 174 valence electrons. The Morgan fingerprint density at radius 2 is 1.88 bits per heavy atom. The van der Waals surface area contributed by atoms with Crippen LogP contribution < -0.4 is 0 Å². The Bertz CT molecular complexity index is 1620. The molecule has 1 fully saturated rings. The lowest BCUT2D eigenvalue weighted by molar-refractivity contribution is 0.00393. The molecule has 0 saturated carbocycles. The highest BCUT2D eigenvalue weighted by Crippen LogP contribution is 2.38. The number of nitrogens with zero attached hydrogens (tertiary/aromatic N) is 5. The molecule has 0 unspecified atom stereocenters. The minimum absolute atomic E-state index is 0.184. The Hall–Kier alpha value is -3.10. The van der Waals surface area contributed by atoms with E-state index in [1.165, 1.54) is 6.07 Å². The molecule has 6 nitrogen and oxygen atoms in total. The SMILES string of the molecule is [2H]C([2H])([2H])c1nc2nc([C@H]3CCO[C@@H](c4ccnc(C)c4)C3)nc(-c3ccc(Cl)c(F)c3F)c2nc1C([2H])([2H])[2H]. The van der Waals surface area contributed by atoms with E-state index in [1.54, 1.807) is 6.20 Å². The van der Waals surface area contributed by atoms with Crippen LogP contribution in [-0.4, -0.2) is 31.5 Å². The summed E-state index contributed by atoms with van der Waals surface area (Å²) in [5.74, 6) is -2.80. The zero-order valence-electron chi connectivity index (χ0n) is 23.9. The molecule has 5 rings (SSSR count). The van der Waals surface area contributed by atoms with Crippen LogP contribution in [0.4, 0.5) is 8.78 Å². The summed E-state index contributed by atoms with van der Waals surface area (Å²) in [5.41, 5.74) is -0.959. The molecule has 1 saturated heterocycles. The molecule has 3 aromatic heterocycles. The first kappa shape index (κ1) is 16.5. The smallest absolute Gasteiger partial charge is 0.182 e. The van der Waals surface area contributed by atoms with Crippen LogP contribution in [0.3, 0.4) is 0 Å². The maximum atomic E-state index is 15.2. The first-order valence-corrected chi connectivity index (χ1v) is 10.9. The molecule has 9 heteroatoms. The van der Waals surface area contributed by atoms with Gasteiger partial charge in [0.05, 0.1) is 22.5 Å². The molecule has 1 aliphatic heterocycles. The minimum atomic E-state index is -2.97. The Balaban J connectivity index is 1.73. The summed E-state index contributed by atoms with van der Waals surface area (Å²) < 4.78 is 82.7. The van der Waals surface area contributed by atoms with Gasteiger partial charge in [0.15, 0.2) is 17.3 Å². The van der Waals surface area contributed by atoms with Crippen LogP contribution in [0.1, 0.15) is 61.6 Å². The van der Waals surface area contributed by atoms with Crippen LogP contribution in [0.2, 0.25) is 5.02 Å². The van der Waals surface area contributed by atoms with Gasteiger partial charge in [-0.25, -0.2) is 28.7 Å². The summed E-state index contributed by atoms with van der Waals surface area (Å²) >= 11 is 5.76. The summed E-state index contributed by atoms with van der Waals surface area (Å²) in [6.07, 6.45) is 2.26. The van der Waals surface area contributed by atoms with Crippen molar-refractivity contribution < 1.29 is 21.7 Å². The third kappa shape index (κ3) is 4.12. The van der Waals surface area contributed by atoms with Crippen LogP contribution >= 0.6 is 11.6 Å². The van der Waals surface area contributed by atoms with Crippen molar-refractivity contribution in [3.8, 4) is 11.3 Å². The molecule has 1 aromatic carbocycles. The fourth-order valence-corrected chi connectivity index (χ4v) is 4.22. The van der Waals surface area contributed by atoms with Crippen LogP contribution in [0, 0.1) is 32.3 Å². The average molecular weight is 488 g/mol. The number of aryl methyl sites for hydroxylation is 3. The molecule has 4 heterocycles. The van der Waals surface area contributed by atoms with Gasteiger partial charge in [0.1, 0.15) is 17.0 Å². The molecule has 0 aliphatic carbocycles. The molecular formula is C25H22ClF2N5O. The highest BCUT2D eigenvalue weighted by atomic mass is 35.5. The number of halogens is 3. The summed E-state index contributed by atoms with van der Waals surface area (Å²) in [6, 6.07) is 6.06. The number of aromatic nitrogens is 5. The second kappa shape index (κ2) is 8.92. The zero-order chi connectivity index (χ0) is 29.0. The van der Waals surface area contributed by atoms with Crippen molar-refractivity contribution in [1.82, 2.24) is 24.9 Å². The second-order valence-electron chi connectivity index (χ2n) is 8.06. The Morgan fingerprint density at radius 3 is 2.68 bits per heavy atom. The van der Waals surface area contributed by atoms with Crippen molar-refractivity contribution in [2.75, 3.05) is 6.61 Å². The summed E-state index contributed by atoms with van der Waals surface area (Å²) in [5, 5.41) is -0.460. The molecule has 0 radical (unpaired) electrons. The monoisotopic (exact) mass is 487 g/mol. The van der Waals surface area contributed by atoms with Gasteiger partial charge in [0, 0.05) is 38.2 Å². The molecule has 1 aliphatic rings. The fourth-order valence-electron chi connectivity index (χ4n) is 4.07. The number of ether oxygens (including phenoxy) is 1. The predicted octanol–water partition coefficient (Wildman–Crippen LogP) is 5.97. The number of benzene rings is 1. The molecule has 0 bridgehead atoms. The van der Waals surface area contributed by atoms with Gasteiger partial charge in [0.2, 0.25) is 0 Å². The van der Waals surface area contributed by atoms with E-state index in [-0.39, 0.29) is 40.3 Å². The Morgan fingerprint density at radius 1 is 1.06 bits per heavy atom. The van der Waals surface area contributed by atoms with Gasteiger partial charge in [-0.05, 0) is 63.3 Å². The first-order valence-electron chi connectivity index (χ1n) is 13.5. The minimum Gasteiger partial charge on any atom is -0.373 e. The van der Waals surface area contributed by atoms with Crippen molar-refractivity contribution in [2.45, 2.75) is 45.5 Å². The third-order valence-corrected chi connectivity index (χ3v) is 6.07. The van der Waals surface area contributed by atoms with E-state index in [4.69, 9.17) is 24.6 Å². The summed E-state index contributed by atoms with van der Waals surface area (Å²) in [6.45, 7) is -3.70. The van der Waals surface area contributed by atoms with E-state index in [9.17, 15) is 4.39 Å². The van der Waals surface area contributed by atoms with Crippen LogP contribution in [-0.2, 0) is 4.74 Å². The van der Waals surface area contributed by atoms with Crippen LogP contribution in [0.15, 0.2) is 30.5 Å². The van der Waals surface area contributed by atoms with E-state index < -0.39 is 41.7 Å². The maximum Gasteiger partial charge on any atom is 0.182 e. The topological polar surface area (TPSA) is 73.7 Å². The molecular weight excluding hydrogens is 460 g/mol. The Labute approximate surface area is 208 Å². The second-order valence-corrected chi connectivity index (χ2v) is 8.46. The number of hydrogen-bond donors (Lipinski definition) is 0. The summed E-state index contributed by atoms with van der Waals surface area (Å²) in [4.78, 5) is 21.4. The van der Waals surface area contributed by atoms with Gasteiger partial charge in [-0.1, -0.05) is 11.6 Å². The number of pyridine rings is 1. The fraction of sp³-hybridized carbons (Fsp3) is 0.320. The van der Waals surface area contributed by atoms with Gasteiger partial charge in [-0.15, -0.1) is 0 Å². The predicted molar refractivity (Wildman–Crippen MR) is 125 cm³/mol. The molecule has 0 amide bonds. The number of hydrogen-bond acceptors (Lipinski definition) is 6. The van der Waals surface area contributed by atoms with Gasteiger partial charge in [-0.3, -0.25) is 4.98 Å². The first-order chi connectivity index (χ1) is 18.7. The summed E-state index contributed by atoms with van der Waals surface area (Å²) in [7, 11) is 0. The lowest BCUT2D eigenvalue weighted by Gasteiger charge is -2.29. The normalized spacial score (nSPS) is 21.8. The van der Waals surface area contributed by atoms with Crippen molar-refractivity contribution in [3.05, 3.63) is 75.6 Å². The van der Waals surface area contributed by atoms with Gasteiger partial charge < -0.3 is 4.74 Å². The van der Waals surface area contributed by atoms with Crippen molar-refractivity contribution in [2.24, 2.45) is 0 Å². The van der Waals surface area contributed by atoms with E-state index in [0.29, 0.717) is 19.4 Å². The molecule has 0 N–H and O–H groups in total. The standard InChI is InChI=1S/C25H22ClF2N5O/c1-12-10-15(6-8-29-12)19-11-16(7-9-34-19)24-32-22(17-4-5-18(26)21(28)20(17)27)23-25(33-24)31-14(3)13(2)30-23/h4-6,8,10,16,19H,7,9,11H2,1-3H3/t16-,19+/m0/s1/i2D3,3D3. The van der Waals surface area contributed by atoms with Crippen LogP contribution in [0.25, 0.3) is 22.4 Å². The van der Waals surface area contributed by atoms with Gasteiger partial charge in [-0.2, -0.15) is 0 Å². The number of fused-ring (bicyclic) bond motifs is 1. The van der Waals surface area contributed by atoms with E-state index in [2.05, 4.69) is 24.9 Å². The lowest BCUT2D eigenvalue weighted by Crippen LogP contribution is -2.21. The zero-order valence-corrected chi connectivity index (χ0v) is 18.7. The largest absolute Gasteiger partial charge is 0.373 e. The maximum absolute atomic E-state index is 15.2. The van der Waals surface area contributed by atoms with Crippen molar-refractivity contribution >= 4 is 22.8 Å². The van der Waals surface area contributed by atoms with E-state index in [0.717, 1.165) is 17.3 Å².